The van der Waals surface area contributed by atoms with E-state index in [1.54, 1.807) is 24.3 Å². The third kappa shape index (κ3) is 4.42. The molecule has 2 aromatic rings. The van der Waals surface area contributed by atoms with Gasteiger partial charge in [-0.1, -0.05) is 54.1 Å². The summed E-state index contributed by atoms with van der Waals surface area (Å²) < 4.78 is 28.3. The molecule has 1 aliphatic rings. The van der Waals surface area contributed by atoms with Crippen molar-refractivity contribution >= 4 is 33.4 Å². The number of anilines is 1. The molecule has 8 heteroatoms. The Balaban J connectivity index is 1.67. The van der Waals surface area contributed by atoms with Gasteiger partial charge >= 0.3 is 0 Å². The second-order valence-corrected chi connectivity index (χ2v) is 8.38. The van der Waals surface area contributed by atoms with Gasteiger partial charge in [0.15, 0.2) is 0 Å². The number of hydrogen-bond donors (Lipinski definition) is 1. The molecule has 0 bridgehead atoms. The zero-order valence-electron chi connectivity index (χ0n) is 14.1. The zero-order valence-corrected chi connectivity index (χ0v) is 15.7. The summed E-state index contributed by atoms with van der Waals surface area (Å²) in [7, 11) is -3.69. The van der Waals surface area contributed by atoms with Crippen molar-refractivity contribution in [1.29, 1.82) is 0 Å². The van der Waals surface area contributed by atoms with Crippen LogP contribution in [0, 0.1) is 0 Å². The average molecular weight is 394 g/mol. The summed E-state index contributed by atoms with van der Waals surface area (Å²) >= 11 is 6.03. The first kappa shape index (κ1) is 18.8. The van der Waals surface area contributed by atoms with Crippen LogP contribution in [-0.4, -0.2) is 42.6 Å². The lowest BCUT2D eigenvalue weighted by atomic mass is 10.2. The third-order valence-corrected chi connectivity index (χ3v) is 6.40. The summed E-state index contributed by atoms with van der Waals surface area (Å²) in [6, 6.07) is 16.3. The van der Waals surface area contributed by atoms with Gasteiger partial charge in [0.05, 0.1) is 17.3 Å². The van der Waals surface area contributed by atoms with Gasteiger partial charge in [-0.05, 0) is 24.1 Å². The van der Waals surface area contributed by atoms with Crippen molar-refractivity contribution in [2.24, 2.45) is 0 Å². The van der Waals surface area contributed by atoms with Gasteiger partial charge in [0.2, 0.25) is 5.91 Å². The normalized spacial score (nSPS) is 17.7. The van der Waals surface area contributed by atoms with Crippen LogP contribution in [0.5, 0.6) is 0 Å². The van der Waals surface area contributed by atoms with Crippen molar-refractivity contribution in [3.63, 3.8) is 0 Å². The molecule has 0 unspecified atom stereocenters. The van der Waals surface area contributed by atoms with E-state index in [9.17, 15) is 13.2 Å². The molecule has 0 atom stereocenters. The molecule has 1 amide bonds. The van der Waals surface area contributed by atoms with Crippen molar-refractivity contribution in [3.8, 4) is 0 Å². The Morgan fingerprint density at radius 2 is 1.65 bits per heavy atom. The van der Waals surface area contributed by atoms with Crippen LogP contribution in [0.25, 0.3) is 0 Å². The van der Waals surface area contributed by atoms with E-state index in [4.69, 9.17) is 11.6 Å². The molecule has 6 nitrogen and oxygen atoms in total. The van der Waals surface area contributed by atoms with E-state index in [1.165, 1.54) is 8.61 Å². The fourth-order valence-electron chi connectivity index (χ4n) is 2.84. The van der Waals surface area contributed by atoms with Crippen LogP contribution in [0.4, 0.5) is 5.69 Å². The van der Waals surface area contributed by atoms with Gasteiger partial charge in [0, 0.05) is 19.6 Å². The van der Waals surface area contributed by atoms with E-state index in [0.717, 1.165) is 5.56 Å². The van der Waals surface area contributed by atoms with Crippen molar-refractivity contribution in [2.75, 3.05) is 25.0 Å². The maximum Gasteiger partial charge on any atom is 0.282 e. The number of benzene rings is 2. The van der Waals surface area contributed by atoms with Gasteiger partial charge in [0.25, 0.3) is 10.2 Å². The highest BCUT2D eigenvalue weighted by atomic mass is 35.5. The van der Waals surface area contributed by atoms with Crippen LogP contribution in [0.2, 0.25) is 5.02 Å². The molecule has 2 aromatic carbocycles. The SMILES string of the molecule is O=C(CN1CCCN(Cc2ccccc2)S1(=O)=O)Nc1ccccc1Cl. The lowest BCUT2D eigenvalue weighted by molar-refractivity contribution is -0.116. The summed E-state index contributed by atoms with van der Waals surface area (Å²) in [6.45, 7) is 0.827. The topological polar surface area (TPSA) is 69.7 Å². The summed E-state index contributed by atoms with van der Waals surface area (Å²) in [5.41, 5.74) is 1.38. The monoisotopic (exact) mass is 393 g/mol. The van der Waals surface area contributed by atoms with E-state index in [2.05, 4.69) is 5.32 Å². The molecular formula is C18H20ClN3O3S. The number of hydrogen-bond acceptors (Lipinski definition) is 3. The van der Waals surface area contributed by atoms with E-state index in [1.807, 2.05) is 30.3 Å². The zero-order chi connectivity index (χ0) is 18.6. The lowest BCUT2D eigenvalue weighted by Crippen LogP contribution is -2.51. The maximum absolute atomic E-state index is 12.8. The molecule has 138 valence electrons. The van der Waals surface area contributed by atoms with E-state index in [-0.39, 0.29) is 6.54 Å². The Bertz CT molecular complexity index is 874. The Labute approximate surface area is 158 Å². The molecule has 0 spiro atoms. The second kappa shape index (κ2) is 8.18. The number of rotatable bonds is 5. The van der Waals surface area contributed by atoms with Gasteiger partial charge in [-0.25, -0.2) is 0 Å². The Hall–Kier alpha value is -1.93. The number of halogens is 1. The smallest absolute Gasteiger partial charge is 0.282 e. The first-order valence-corrected chi connectivity index (χ1v) is 10.1. The van der Waals surface area contributed by atoms with Gasteiger partial charge in [0.1, 0.15) is 0 Å². The molecule has 0 aliphatic carbocycles. The number of para-hydroxylation sites is 1. The predicted octanol–water partition coefficient (Wildman–Crippen LogP) is 2.73. The fourth-order valence-corrected chi connectivity index (χ4v) is 4.66. The van der Waals surface area contributed by atoms with Crippen LogP contribution in [0.3, 0.4) is 0 Å². The number of carbonyl (C=O) groups is 1. The summed E-state index contributed by atoms with van der Waals surface area (Å²) in [5.74, 6) is -0.414. The molecule has 1 saturated heterocycles. The van der Waals surface area contributed by atoms with Crippen molar-refractivity contribution in [3.05, 3.63) is 65.2 Å². The number of carbonyl (C=O) groups excluding carboxylic acids is 1. The Kier molecular flexibility index (Phi) is 5.93. The number of nitrogens with zero attached hydrogens (tertiary/aromatic N) is 2. The van der Waals surface area contributed by atoms with Crippen molar-refractivity contribution in [2.45, 2.75) is 13.0 Å². The van der Waals surface area contributed by atoms with Gasteiger partial charge in [-0.3, -0.25) is 4.79 Å². The minimum atomic E-state index is -3.69. The summed E-state index contributed by atoms with van der Waals surface area (Å²) in [4.78, 5) is 12.3. The molecule has 3 rings (SSSR count). The molecule has 26 heavy (non-hydrogen) atoms. The maximum atomic E-state index is 12.8. The molecule has 0 aromatic heterocycles. The number of amides is 1. The Morgan fingerprint density at radius 1 is 1.00 bits per heavy atom. The molecular weight excluding hydrogens is 374 g/mol. The molecule has 1 fully saturated rings. The standard InChI is InChI=1S/C18H20ClN3O3S/c19-16-9-4-5-10-17(16)20-18(23)14-22-12-6-11-21(26(22,24)25)13-15-7-2-1-3-8-15/h1-5,7-10H,6,11-14H2,(H,20,23). The van der Waals surface area contributed by atoms with E-state index in [0.29, 0.717) is 36.8 Å². The number of nitrogens with one attached hydrogen (secondary N) is 1. The van der Waals surface area contributed by atoms with Crippen LogP contribution >= 0.6 is 11.6 Å². The van der Waals surface area contributed by atoms with Crippen molar-refractivity contribution < 1.29 is 13.2 Å². The first-order chi connectivity index (χ1) is 12.5. The summed E-state index contributed by atoms with van der Waals surface area (Å²) in [5, 5.41) is 3.07. The third-order valence-electron chi connectivity index (χ3n) is 4.14. The second-order valence-electron chi connectivity index (χ2n) is 6.04. The lowest BCUT2D eigenvalue weighted by Gasteiger charge is -2.34. The Morgan fingerprint density at radius 3 is 2.38 bits per heavy atom. The van der Waals surface area contributed by atoms with Crippen LogP contribution in [-0.2, 0) is 21.5 Å². The predicted molar refractivity (Wildman–Crippen MR) is 102 cm³/mol. The van der Waals surface area contributed by atoms with Crippen LogP contribution < -0.4 is 5.32 Å². The van der Waals surface area contributed by atoms with Gasteiger partial charge < -0.3 is 5.32 Å². The van der Waals surface area contributed by atoms with E-state index < -0.39 is 16.1 Å². The molecule has 1 N–H and O–H groups in total. The van der Waals surface area contributed by atoms with E-state index >= 15 is 0 Å². The minimum Gasteiger partial charge on any atom is -0.324 e. The molecule has 0 radical (unpaired) electrons. The van der Waals surface area contributed by atoms with Crippen LogP contribution in [0.15, 0.2) is 54.6 Å². The van der Waals surface area contributed by atoms with Crippen molar-refractivity contribution in [1.82, 2.24) is 8.61 Å². The van der Waals surface area contributed by atoms with Gasteiger partial charge in [-0.15, -0.1) is 0 Å². The minimum absolute atomic E-state index is 0.237. The summed E-state index contributed by atoms with van der Waals surface area (Å²) in [6.07, 6.45) is 0.672. The highest BCUT2D eigenvalue weighted by Gasteiger charge is 2.34. The molecule has 0 saturated carbocycles. The van der Waals surface area contributed by atoms with Gasteiger partial charge in [-0.2, -0.15) is 17.0 Å². The molecule has 1 heterocycles. The fraction of sp³-hybridized carbons (Fsp3) is 0.278. The highest BCUT2D eigenvalue weighted by Crippen LogP contribution is 2.22. The quantitative estimate of drug-likeness (QED) is 0.849. The average Bonchev–Trinajstić information content (AvgIpc) is 2.61. The largest absolute Gasteiger partial charge is 0.324 e. The first-order valence-electron chi connectivity index (χ1n) is 8.30. The highest BCUT2D eigenvalue weighted by molar-refractivity contribution is 7.86. The molecule has 1 aliphatic heterocycles. The van der Waals surface area contributed by atoms with Crippen LogP contribution in [0.1, 0.15) is 12.0 Å².